The van der Waals surface area contributed by atoms with Gasteiger partial charge in [-0.3, -0.25) is 0 Å². The first-order valence-electron chi connectivity index (χ1n) is 25.1. The summed E-state index contributed by atoms with van der Waals surface area (Å²) >= 11 is 0. The van der Waals surface area contributed by atoms with E-state index < -0.39 is 0 Å². The molecule has 2 aromatic heterocycles. The quantitative estimate of drug-likeness (QED) is 0.0649. The van der Waals surface area contributed by atoms with E-state index >= 15 is 0 Å². The zero-order chi connectivity index (χ0) is 50.1. The van der Waals surface area contributed by atoms with Crippen LogP contribution in [0.1, 0.15) is 67.5 Å². The van der Waals surface area contributed by atoms with Crippen molar-refractivity contribution in [3.05, 3.63) is 107 Å². The Morgan fingerprint density at radius 3 is 1.49 bits per heavy atom. The number of methoxy groups -OCH3 is 1. The highest BCUT2D eigenvalue weighted by atomic mass is 16.5. The number of aryl methyl sites for hydroxylation is 4. The Bertz CT molecular complexity index is 2640. The van der Waals surface area contributed by atoms with Crippen molar-refractivity contribution in [2.75, 3.05) is 89.1 Å². The molecule has 8 rings (SSSR count). The number of tetrazole rings is 2. The van der Waals surface area contributed by atoms with Gasteiger partial charge in [0, 0.05) is 101 Å². The van der Waals surface area contributed by atoms with Gasteiger partial charge < -0.3 is 40.7 Å². The summed E-state index contributed by atoms with van der Waals surface area (Å²) in [5.74, 6) is 3.14. The molecule has 386 valence electrons. The molecule has 6 aromatic rings. The van der Waals surface area contributed by atoms with Crippen LogP contribution in [-0.4, -0.2) is 136 Å². The summed E-state index contributed by atoms with van der Waals surface area (Å²) in [5, 5.41) is 35.6. The molecule has 2 aliphatic rings. The minimum absolute atomic E-state index is 0. The lowest BCUT2D eigenvalue weighted by Crippen LogP contribution is -2.42. The molecule has 0 unspecified atom stereocenters. The van der Waals surface area contributed by atoms with Crippen LogP contribution in [0.3, 0.4) is 0 Å². The lowest BCUT2D eigenvalue weighted by molar-refractivity contribution is 0.174. The summed E-state index contributed by atoms with van der Waals surface area (Å²) in [6.07, 6.45) is 8.37. The highest BCUT2D eigenvalue weighted by molar-refractivity contribution is 5.91. The number of carbonyl (C=O) groups is 2. The standard InChI is InChI=1S/C27H38N8O.C26H35N7O2.4H2/c1-5-20-15-23(26-30-31-32-34(26)4)17-24(16-20)29-27(36)28-18-22-7-6-13-35(19-22)14-12-21-8-10-25(11-9-21)33(2)3;1-4-19-14-22(25-29-30-31-32(25)2)16-23(15-19)28-26(34)27-17-21-6-5-12-33(18-21)13-11-20-7-9-24(35-3)10-8-20;;;;/h8-11,15-17,22H,5-7,12-14,18-19H2,1-4H3,(H2,28,29,36);7-10,14-16,21H,4-6,11-13,17-18H2,1-3H3,(H2,27,28,34);4*1H/t22-;21-;;;;/m00..../s1. The number of nitrogens with one attached hydrogen (secondary N) is 4. The van der Waals surface area contributed by atoms with E-state index in [1.54, 1.807) is 23.5 Å². The molecule has 2 atom stereocenters. The predicted octanol–water partition coefficient (Wildman–Crippen LogP) is 8.09. The van der Waals surface area contributed by atoms with Gasteiger partial charge in [0.2, 0.25) is 0 Å². The molecule has 0 bridgehead atoms. The van der Waals surface area contributed by atoms with Crippen molar-refractivity contribution < 1.29 is 20.0 Å². The van der Waals surface area contributed by atoms with Crippen molar-refractivity contribution >= 4 is 29.1 Å². The Morgan fingerprint density at radius 1 is 0.648 bits per heavy atom. The Kier molecular flexibility index (Phi) is 18.9. The number of benzene rings is 4. The highest BCUT2D eigenvalue weighted by Gasteiger charge is 2.22. The zero-order valence-corrected chi connectivity index (χ0v) is 42.7. The highest BCUT2D eigenvalue weighted by Crippen LogP contribution is 2.26. The normalized spacial score (nSPS) is 16.1. The van der Waals surface area contributed by atoms with Gasteiger partial charge in [-0.05, 0) is 180 Å². The van der Waals surface area contributed by atoms with Gasteiger partial charge in [-0.2, -0.15) is 0 Å². The number of amides is 4. The maximum absolute atomic E-state index is 12.7. The van der Waals surface area contributed by atoms with Crippen molar-refractivity contribution in [3.63, 3.8) is 0 Å². The number of carbonyl (C=O) groups excluding carboxylic acids is 2. The van der Waals surface area contributed by atoms with Gasteiger partial charge >= 0.3 is 12.1 Å². The summed E-state index contributed by atoms with van der Waals surface area (Å²) in [5.41, 5.74) is 9.39. The molecule has 2 saturated heterocycles. The van der Waals surface area contributed by atoms with Crippen LogP contribution in [0, 0.1) is 11.8 Å². The SMILES string of the molecule is CCc1cc(NC(=O)NC[C@@H]2CCCN(CCc3ccc(N(C)C)cc3)C2)cc(-c2nnnn2C)c1.CCc1cc(NC(=O)NC[C@@H]2CCCN(CCc3ccc(OC)cc3)C2)cc(-c2nnnn2C)c1.[HH].[HH].[HH].[HH]. The van der Waals surface area contributed by atoms with Crippen molar-refractivity contribution in [2.24, 2.45) is 25.9 Å². The van der Waals surface area contributed by atoms with E-state index in [-0.39, 0.29) is 17.8 Å². The second-order valence-corrected chi connectivity index (χ2v) is 19.0. The number of anilines is 3. The van der Waals surface area contributed by atoms with Crippen LogP contribution in [0.4, 0.5) is 26.7 Å². The molecule has 4 N–H and O–H groups in total. The third-order valence-electron chi connectivity index (χ3n) is 13.4. The number of nitrogens with zero attached hydrogens (tertiary/aromatic N) is 11. The fraction of sp³-hybridized carbons (Fsp3) is 0.472. The molecule has 18 nitrogen and oxygen atoms in total. The van der Waals surface area contributed by atoms with Gasteiger partial charge in [0.25, 0.3) is 0 Å². The monoisotopic (exact) mass is 976 g/mol. The average Bonchev–Trinajstić information content (AvgIpc) is 4.04. The lowest BCUT2D eigenvalue weighted by atomic mass is 9.97. The average molecular weight is 976 g/mol. The second kappa shape index (κ2) is 25.8. The Labute approximate surface area is 424 Å². The van der Waals surface area contributed by atoms with Crippen molar-refractivity contribution in [2.45, 2.75) is 65.2 Å². The second-order valence-electron chi connectivity index (χ2n) is 19.0. The van der Waals surface area contributed by atoms with Crippen molar-refractivity contribution in [1.82, 2.24) is 60.8 Å². The smallest absolute Gasteiger partial charge is 0.319 e. The summed E-state index contributed by atoms with van der Waals surface area (Å²) in [6.45, 7) is 11.9. The molecule has 4 aromatic carbocycles. The van der Waals surface area contributed by atoms with E-state index in [4.69, 9.17) is 4.74 Å². The number of hydrogen-bond acceptors (Lipinski definition) is 12. The fourth-order valence-corrected chi connectivity index (χ4v) is 9.34. The maximum atomic E-state index is 12.7. The Morgan fingerprint density at radius 2 is 1.10 bits per heavy atom. The van der Waals surface area contributed by atoms with Gasteiger partial charge in [-0.25, -0.2) is 19.0 Å². The van der Waals surface area contributed by atoms with Crippen LogP contribution in [0.15, 0.2) is 84.9 Å². The van der Waals surface area contributed by atoms with E-state index in [2.05, 4.69) is 143 Å². The third kappa shape index (κ3) is 15.5. The van der Waals surface area contributed by atoms with Crippen molar-refractivity contribution in [3.8, 4) is 28.5 Å². The fourth-order valence-electron chi connectivity index (χ4n) is 9.34. The summed E-state index contributed by atoms with van der Waals surface area (Å²) in [6, 6.07) is 28.7. The van der Waals surface area contributed by atoms with Gasteiger partial charge in [-0.1, -0.05) is 38.1 Å². The minimum Gasteiger partial charge on any atom is -0.497 e. The van der Waals surface area contributed by atoms with E-state index in [0.29, 0.717) is 36.6 Å². The lowest BCUT2D eigenvalue weighted by Gasteiger charge is -2.32. The number of urea groups is 2. The zero-order valence-electron chi connectivity index (χ0n) is 42.7. The van der Waals surface area contributed by atoms with Crippen LogP contribution < -0.4 is 30.9 Å². The van der Waals surface area contributed by atoms with Gasteiger partial charge in [-0.15, -0.1) is 10.2 Å². The molecule has 0 aliphatic carbocycles. The first-order chi connectivity index (χ1) is 34.4. The van der Waals surface area contributed by atoms with Crippen LogP contribution in [0.5, 0.6) is 5.75 Å². The van der Waals surface area contributed by atoms with E-state index in [1.807, 2.05) is 43.4 Å². The molecule has 2 aliphatic heterocycles. The molecule has 0 spiro atoms. The molecule has 18 heteroatoms. The van der Waals surface area contributed by atoms with Crippen LogP contribution in [-0.2, 0) is 39.8 Å². The van der Waals surface area contributed by atoms with Crippen LogP contribution >= 0.6 is 0 Å². The molecule has 2 fully saturated rings. The van der Waals surface area contributed by atoms with Crippen LogP contribution in [0.2, 0.25) is 0 Å². The Hall–Kier alpha value is -6.92. The molecule has 4 heterocycles. The molecule has 4 amide bonds. The van der Waals surface area contributed by atoms with Gasteiger partial charge in [0.1, 0.15) is 5.75 Å². The maximum Gasteiger partial charge on any atom is 0.319 e. The predicted molar refractivity (Wildman–Crippen MR) is 289 cm³/mol. The third-order valence-corrected chi connectivity index (χ3v) is 13.4. The number of likely N-dealkylation sites (tertiary alicyclic amines) is 2. The number of aromatic nitrogens is 8. The van der Waals surface area contributed by atoms with E-state index in [0.717, 1.165) is 124 Å². The Balaban J connectivity index is 0.000000375. The van der Waals surface area contributed by atoms with E-state index in [1.165, 1.54) is 23.2 Å². The number of piperidine rings is 2. The first-order valence-corrected chi connectivity index (χ1v) is 25.1. The molecule has 0 radical (unpaired) electrons. The summed E-state index contributed by atoms with van der Waals surface area (Å²) in [4.78, 5) is 32.5. The van der Waals surface area contributed by atoms with Crippen molar-refractivity contribution in [1.29, 1.82) is 0 Å². The summed E-state index contributed by atoms with van der Waals surface area (Å²) in [7, 11) is 9.43. The molecular weight excluding hydrogens is 895 g/mol. The topological polar surface area (TPSA) is 188 Å². The van der Waals surface area contributed by atoms with Gasteiger partial charge in [0.05, 0.1) is 7.11 Å². The van der Waals surface area contributed by atoms with Gasteiger partial charge in [0.15, 0.2) is 11.6 Å². The minimum atomic E-state index is -0.185. The molecule has 71 heavy (non-hydrogen) atoms. The number of ether oxygens (including phenoxy) is 1. The largest absolute Gasteiger partial charge is 0.497 e. The molecular formula is C53H81N15O3. The number of hydrogen-bond donors (Lipinski definition) is 4. The number of rotatable bonds is 18. The summed E-state index contributed by atoms with van der Waals surface area (Å²) < 4.78 is 8.50. The van der Waals surface area contributed by atoms with E-state index in [9.17, 15) is 9.59 Å². The first kappa shape index (κ1) is 51.9. The van der Waals surface area contributed by atoms with Crippen LogP contribution in [0.25, 0.3) is 22.8 Å². The molecule has 0 saturated carbocycles.